The highest BCUT2D eigenvalue weighted by Crippen LogP contribution is 2.25. The normalized spacial score (nSPS) is 15.4. The summed E-state index contributed by atoms with van der Waals surface area (Å²) in [6.45, 7) is 2.88. The van der Waals surface area contributed by atoms with Crippen LogP contribution in [0.5, 0.6) is 5.75 Å². The standard InChI is InChI=1S/C14H16BrFN2O4/c1-9(7-18-4-5-21-14(18)20)17-13(19)8-22-12-3-2-10(16)6-11(12)15/h2-3,6,9H,4-5,7-8H2,1H3,(H,17,19)/t9-/m0/s1. The number of carbonyl (C=O) groups excluding carboxylic acids is 2. The lowest BCUT2D eigenvalue weighted by Crippen LogP contribution is -2.43. The molecule has 8 heteroatoms. The van der Waals surface area contributed by atoms with Crippen molar-refractivity contribution >= 4 is 27.9 Å². The van der Waals surface area contributed by atoms with E-state index in [4.69, 9.17) is 9.47 Å². The maximum atomic E-state index is 12.9. The van der Waals surface area contributed by atoms with Crippen LogP contribution in [-0.4, -0.2) is 49.2 Å². The number of rotatable bonds is 6. The molecule has 0 spiro atoms. The number of ether oxygens (including phenoxy) is 2. The van der Waals surface area contributed by atoms with Gasteiger partial charge in [0.2, 0.25) is 0 Å². The Bertz CT molecular complexity index is 570. The molecule has 1 aliphatic heterocycles. The number of carbonyl (C=O) groups is 2. The number of nitrogens with zero attached hydrogens (tertiary/aromatic N) is 1. The summed E-state index contributed by atoms with van der Waals surface area (Å²) in [5, 5.41) is 2.73. The number of nitrogens with one attached hydrogen (secondary N) is 1. The Labute approximate surface area is 135 Å². The second kappa shape index (κ2) is 7.44. The minimum Gasteiger partial charge on any atom is -0.483 e. The fourth-order valence-corrected chi connectivity index (χ4v) is 2.49. The Morgan fingerprint density at radius 3 is 3.00 bits per heavy atom. The van der Waals surface area contributed by atoms with Gasteiger partial charge in [0.05, 0.1) is 11.0 Å². The lowest BCUT2D eigenvalue weighted by atomic mass is 10.3. The largest absolute Gasteiger partial charge is 0.483 e. The third-order valence-corrected chi connectivity index (χ3v) is 3.62. The molecule has 1 fully saturated rings. The molecule has 0 radical (unpaired) electrons. The zero-order valence-corrected chi connectivity index (χ0v) is 13.6. The van der Waals surface area contributed by atoms with Crippen molar-refractivity contribution in [3.8, 4) is 5.75 Å². The molecule has 0 bridgehead atoms. The molecule has 1 aromatic carbocycles. The van der Waals surface area contributed by atoms with Crippen LogP contribution in [0, 0.1) is 5.82 Å². The third-order valence-electron chi connectivity index (χ3n) is 3.00. The molecule has 2 rings (SSSR count). The summed E-state index contributed by atoms with van der Waals surface area (Å²) >= 11 is 3.16. The van der Waals surface area contributed by atoms with Gasteiger partial charge in [0.15, 0.2) is 6.61 Å². The zero-order valence-electron chi connectivity index (χ0n) is 12.0. The van der Waals surface area contributed by atoms with E-state index in [2.05, 4.69) is 21.2 Å². The van der Waals surface area contributed by atoms with Crippen LogP contribution in [0.3, 0.4) is 0 Å². The fourth-order valence-electron chi connectivity index (χ4n) is 2.02. The van der Waals surface area contributed by atoms with E-state index in [1.807, 2.05) is 0 Å². The summed E-state index contributed by atoms with van der Waals surface area (Å²) < 4.78 is 23.5. The van der Waals surface area contributed by atoms with Gasteiger partial charge in [-0.25, -0.2) is 9.18 Å². The van der Waals surface area contributed by atoms with Crippen LogP contribution >= 0.6 is 15.9 Å². The van der Waals surface area contributed by atoms with Crippen LogP contribution in [0.2, 0.25) is 0 Å². The van der Waals surface area contributed by atoms with Crippen LogP contribution in [0.15, 0.2) is 22.7 Å². The van der Waals surface area contributed by atoms with Crippen LogP contribution in [0.4, 0.5) is 9.18 Å². The minimum atomic E-state index is -0.394. The first-order valence-corrected chi connectivity index (χ1v) is 7.54. The average Bonchev–Trinajstić information content (AvgIpc) is 2.83. The van der Waals surface area contributed by atoms with E-state index < -0.39 is 5.82 Å². The topological polar surface area (TPSA) is 67.9 Å². The first-order valence-electron chi connectivity index (χ1n) is 6.74. The maximum Gasteiger partial charge on any atom is 0.410 e. The number of amides is 2. The van der Waals surface area contributed by atoms with Gasteiger partial charge in [0.25, 0.3) is 5.91 Å². The summed E-state index contributed by atoms with van der Waals surface area (Å²) in [4.78, 5) is 24.6. The molecule has 1 heterocycles. The van der Waals surface area contributed by atoms with E-state index in [1.54, 1.807) is 6.92 Å². The molecule has 0 aliphatic carbocycles. The first kappa shape index (κ1) is 16.5. The highest BCUT2D eigenvalue weighted by molar-refractivity contribution is 9.10. The molecule has 0 saturated carbocycles. The summed E-state index contributed by atoms with van der Waals surface area (Å²) in [6, 6.07) is 3.73. The second-order valence-electron chi connectivity index (χ2n) is 4.89. The molecular weight excluding hydrogens is 359 g/mol. The van der Waals surface area contributed by atoms with Gasteiger partial charge in [-0.3, -0.25) is 4.79 Å². The SMILES string of the molecule is C[C@@H](CN1CCOC1=O)NC(=O)COc1ccc(F)cc1Br. The van der Waals surface area contributed by atoms with Gasteiger partial charge in [-0.2, -0.15) is 0 Å². The van der Waals surface area contributed by atoms with Gasteiger partial charge in [-0.1, -0.05) is 0 Å². The molecule has 0 aromatic heterocycles. The molecule has 0 unspecified atom stereocenters. The number of hydrogen-bond donors (Lipinski definition) is 1. The molecular formula is C14H16BrFN2O4. The molecule has 1 aliphatic rings. The monoisotopic (exact) mass is 374 g/mol. The Morgan fingerprint density at radius 2 is 2.36 bits per heavy atom. The first-order chi connectivity index (χ1) is 10.5. The summed E-state index contributed by atoms with van der Waals surface area (Å²) in [5.41, 5.74) is 0. The van der Waals surface area contributed by atoms with Crippen molar-refractivity contribution in [2.75, 3.05) is 26.3 Å². The molecule has 22 heavy (non-hydrogen) atoms. The van der Waals surface area contributed by atoms with E-state index in [0.717, 1.165) is 0 Å². The van der Waals surface area contributed by atoms with Crippen LogP contribution in [0.1, 0.15) is 6.92 Å². The summed E-state index contributed by atoms with van der Waals surface area (Å²) in [7, 11) is 0. The molecule has 1 aromatic rings. The Hall–Kier alpha value is -1.83. The molecule has 120 valence electrons. The van der Waals surface area contributed by atoms with Gasteiger partial charge in [-0.05, 0) is 41.1 Å². The van der Waals surface area contributed by atoms with Crippen molar-refractivity contribution in [1.82, 2.24) is 10.2 Å². The van der Waals surface area contributed by atoms with Gasteiger partial charge in [0, 0.05) is 12.6 Å². The highest BCUT2D eigenvalue weighted by atomic mass is 79.9. The van der Waals surface area contributed by atoms with Gasteiger partial charge in [-0.15, -0.1) is 0 Å². The lowest BCUT2D eigenvalue weighted by molar-refractivity contribution is -0.123. The van der Waals surface area contributed by atoms with Crippen molar-refractivity contribution < 1.29 is 23.5 Å². The van der Waals surface area contributed by atoms with Crippen molar-refractivity contribution in [1.29, 1.82) is 0 Å². The highest BCUT2D eigenvalue weighted by Gasteiger charge is 2.24. The number of cyclic esters (lactones) is 1. The predicted molar refractivity (Wildman–Crippen MR) is 80.1 cm³/mol. The van der Waals surface area contributed by atoms with E-state index in [0.29, 0.717) is 29.9 Å². The van der Waals surface area contributed by atoms with Crippen molar-refractivity contribution in [2.24, 2.45) is 0 Å². The van der Waals surface area contributed by atoms with E-state index in [1.165, 1.54) is 23.1 Å². The third kappa shape index (κ3) is 4.59. The summed E-state index contributed by atoms with van der Waals surface area (Å²) in [5.74, 6) is -0.335. The van der Waals surface area contributed by atoms with E-state index >= 15 is 0 Å². The maximum absolute atomic E-state index is 12.9. The Morgan fingerprint density at radius 1 is 1.59 bits per heavy atom. The molecule has 1 atom stereocenters. The van der Waals surface area contributed by atoms with Gasteiger partial charge < -0.3 is 19.7 Å². The van der Waals surface area contributed by atoms with Crippen molar-refractivity contribution in [3.05, 3.63) is 28.5 Å². The second-order valence-corrected chi connectivity index (χ2v) is 5.75. The van der Waals surface area contributed by atoms with Crippen molar-refractivity contribution in [2.45, 2.75) is 13.0 Å². The van der Waals surface area contributed by atoms with Crippen molar-refractivity contribution in [3.63, 3.8) is 0 Å². The van der Waals surface area contributed by atoms with Crippen LogP contribution in [-0.2, 0) is 9.53 Å². The molecule has 1 N–H and O–H groups in total. The van der Waals surface area contributed by atoms with Gasteiger partial charge in [0.1, 0.15) is 18.2 Å². The predicted octanol–water partition coefficient (Wildman–Crippen LogP) is 1.92. The smallest absolute Gasteiger partial charge is 0.410 e. The minimum absolute atomic E-state index is 0.195. The van der Waals surface area contributed by atoms with E-state index in [-0.39, 0.29) is 24.6 Å². The van der Waals surface area contributed by atoms with E-state index in [9.17, 15) is 14.0 Å². The Balaban J connectivity index is 1.76. The average molecular weight is 375 g/mol. The zero-order chi connectivity index (χ0) is 16.1. The fraction of sp³-hybridized carbons (Fsp3) is 0.429. The molecule has 6 nitrogen and oxygen atoms in total. The summed E-state index contributed by atoms with van der Waals surface area (Å²) in [6.07, 6.45) is -0.368. The van der Waals surface area contributed by atoms with Crippen LogP contribution in [0.25, 0.3) is 0 Å². The number of benzene rings is 1. The molecule has 1 saturated heterocycles. The lowest BCUT2D eigenvalue weighted by Gasteiger charge is -2.19. The van der Waals surface area contributed by atoms with Gasteiger partial charge >= 0.3 is 6.09 Å². The quantitative estimate of drug-likeness (QED) is 0.825. The van der Waals surface area contributed by atoms with Crippen LogP contribution < -0.4 is 10.1 Å². The Kier molecular flexibility index (Phi) is 5.59. The number of hydrogen-bond acceptors (Lipinski definition) is 4. The number of halogens is 2. The molecule has 2 amide bonds.